The lowest BCUT2D eigenvalue weighted by atomic mass is 10.1. The highest BCUT2D eigenvalue weighted by molar-refractivity contribution is 6.06. The highest BCUT2D eigenvalue weighted by atomic mass is 16.6. The average molecular weight is 338 g/mol. The van der Waals surface area contributed by atoms with Crippen LogP contribution in [0.5, 0.6) is 0 Å². The van der Waals surface area contributed by atoms with Gasteiger partial charge in [-0.2, -0.15) is 0 Å². The van der Waals surface area contributed by atoms with Crippen molar-refractivity contribution in [1.82, 2.24) is 0 Å². The van der Waals surface area contributed by atoms with Crippen molar-refractivity contribution in [3.8, 4) is 0 Å². The van der Waals surface area contributed by atoms with E-state index >= 15 is 0 Å². The Balaban J connectivity index is 1.92. The van der Waals surface area contributed by atoms with Gasteiger partial charge in [-0.25, -0.2) is 0 Å². The molecule has 2 aromatic rings. The molecule has 0 aliphatic heterocycles. The number of nitro groups is 1. The first-order valence-electron chi connectivity index (χ1n) is 8.35. The van der Waals surface area contributed by atoms with E-state index in [-0.39, 0.29) is 28.8 Å². The van der Waals surface area contributed by atoms with E-state index < -0.39 is 4.92 Å². The summed E-state index contributed by atoms with van der Waals surface area (Å²) in [5, 5.41) is 15.4. The van der Waals surface area contributed by atoms with Crippen LogP contribution in [0.2, 0.25) is 0 Å². The van der Waals surface area contributed by atoms with Gasteiger partial charge in [-0.15, -0.1) is 0 Å². The molecular formula is C20H22N2O3. The Labute approximate surface area is 146 Å². The second kappa shape index (κ2) is 5.99. The summed E-state index contributed by atoms with van der Waals surface area (Å²) in [6.07, 6.45) is 2.15. The van der Waals surface area contributed by atoms with Crippen LogP contribution in [0, 0.1) is 27.4 Å². The Kier molecular flexibility index (Phi) is 4.11. The molecule has 0 spiro atoms. The summed E-state index contributed by atoms with van der Waals surface area (Å²) in [6.45, 7) is 8.25. The normalized spacial score (nSPS) is 20.8. The zero-order valence-corrected chi connectivity index (χ0v) is 14.9. The largest absolute Gasteiger partial charge is 0.325 e. The van der Waals surface area contributed by atoms with Crippen LogP contribution >= 0.6 is 0 Å². The van der Waals surface area contributed by atoms with Gasteiger partial charge in [0.25, 0.3) is 5.69 Å². The van der Waals surface area contributed by atoms with E-state index in [2.05, 4.69) is 25.2 Å². The van der Waals surface area contributed by atoms with E-state index in [0.29, 0.717) is 16.5 Å². The first-order chi connectivity index (χ1) is 11.7. The van der Waals surface area contributed by atoms with Crippen LogP contribution in [-0.2, 0) is 4.79 Å². The van der Waals surface area contributed by atoms with Crippen LogP contribution in [0.3, 0.4) is 0 Å². The molecule has 25 heavy (non-hydrogen) atoms. The van der Waals surface area contributed by atoms with Gasteiger partial charge in [0.05, 0.1) is 16.2 Å². The number of carbonyl (C=O) groups is 1. The number of carbonyl (C=O) groups excluding carboxylic acids is 1. The number of benzene rings is 2. The van der Waals surface area contributed by atoms with E-state index in [4.69, 9.17) is 0 Å². The van der Waals surface area contributed by atoms with Gasteiger partial charge in [-0.1, -0.05) is 43.7 Å². The van der Waals surface area contributed by atoms with E-state index in [1.54, 1.807) is 24.3 Å². The van der Waals surface area contributed by atoms with Gasteiger partial charge >= 0.3 is 0 Å². The van der Waals surface area contributed by atoms with E-state index in [1.165, 1.54) is 11.6 Å². The quantitative estimate of drug-likeness (QED) is 0.488. The van der Waals surface area contributed by atoms with Crippen LogP contribution < -0.4 is 5.32 Å². The Morgan fingerprint density at radius 3 is 2.40 bits per heavy atom. The fourth-order valence-corrected chi connectivity index (χ4v) is 3.61. The third-order valence-corrected chi connectivity index (χ3v) is 5.06. The number of nitrogens with one attached hydrogen (secondary N) is 1. The highest BCUT2D eigenvalue weighted by Gasteiger charge is 2.60. The summed E-state index contributed by atoms with van der Waals surface area (Å²) in [5.41, 5.74) is 1.79. The minimum atomic E-state index is -0.400. The molecule has 130 valence electrons. The first kappa shape index (κ1) is 17.1. The van der Waals surface area contributed by atoms with Crippen molar-refractivity contribution in [3.05, 3.63) is 58.2 Å². The number of nitrogens with zero attached hydrogens (tertiary/aromatic N) is 1. The van der Waals surface area contributed by atoms with Gasteiger partial charge < -0.3 is 5.32 Å². The lowest BCUT2D eigenvalue weighted by Crippen LogP contribution is -2.17. The van der Waals surface area contributed by atoms with Crippen molar-refractivity contribution in [1.29, 1.82) is 0 Å². The molecule has 0 heterocycles. The lowest BCUT2D eigenvalue weighted by Gasteiger charge is -2.10. The van der Waals surface area contributed by atoms with Crippen molar-refractivity contribution >= 4 is 28.1 Å². The van der Waals surface area contributed by atoms with Crippen molar-refractivity contribution < 1.29 is 9.72 Å². The van der Waals surface area contributed by atoms with Crippen LogP contribution in [0.4, 0.5) is 11.4 Å². The molecule has 1 aliphatic rings. The van der Waals surface area contributed by atoms with E-state index in [0.717, 1.165) is 0 Å². The van der Waals surface area contributed by atoms with Gasteiger partial charge in [0.1, 0.15) is 0 Å². The topological polar surface area (TPSA) is 72.2 Å². The molecule has 0 aromatic heterocycles. The summed E-state index contributed by atoms with van der Waals surface area (Å²) in [7, 11) is 0. The third-order valence-electron chi connectivity index (χ3n) is 5.06. The number of rotatable bonds is 4. The maximum Gasteiger partial charge on any atom is 0.277 e. The molecule has 1 fully saturated rings. The molecule has 0 unspecified atom stereocenters. The van der Waals surface area contributed by atoms with Crippen molar-refractivity contribution in [2.24, 2.45) is 17.3 Å². The number of hydrogen-bond acceptors (Lipinski definition) is 3. The Bertz CT molecular complexity index is 895. The predicted octanol–water partition coefficient (Wildman–Crippen LogP) is 4.92. The Hall–Kier alpha value is -2.69. The zero-order valence-electron chi connectivity index (χ0n) is 14.9. The van der Waals surface area contributed by atoms with Crippen LogP contribution in [0.15, 0.2) is 48.0 Å². The Morgan fingerprint density at radius 1 is 1.16 bits per heavy atom. The molecule has 2 atom stereocenters. The summed E-state index contributed by atoms with van der Waals surface area (Å²) in [5.74, 6) is 0.102. The molecule has 1 N–H and O–H groups in total. The molecule has 0 radical (unpaired) electrons. The number of hydrogen-bond donors (Lipinski definition) is 1. The molecule has 0 saturated heterocycles. The molecular weight excluding hydrogens is 316 g/mol. The smallest absolute Gasteiger partial charge is 0.277 e. The second-order valence-electron chi connectivity index (χ2n) is 7.49. The first-order valence-corrected chi connectivity index (χ1v) is 8.35. The highest BCUT2D eigenvalue weighted by Crippen LogP contribution is 2.59. The van der Waals surface area contributed by atoms with Crippen LogP contribution in [0.25, 0.3) is 10.8 Å². The van der Waals surface area contributed by atoms with E-state index in [9.17, 15) is 14.9 Å². The average Bonchev–Trinajstić information content (AvgIpc) is 3.07. The number of allylic oxidation sites excluding steroid dienone is 2. The minimum absolute atomic E-state index is 0.0356. The zero-order chi connectivity index (χ0) is 18.4. The van der Waals surface area contributed by atoms with Gasteiger partial charge in [-0.05, 0) is 37.3 Å². The summed E-state index contributed by atoms with van der Waals surface area (Å²) in [6, 6.07) is 10.1. The predicted molar refractivity (Wildman–Crippen MR) is 99.4 cm³/mol. The number of amides is 1. The molecule has 3 rings (SSSR count). The monoisotopic (exact) mass is 338 g/mol. The van der Waals surface area contributed by atoms with Crippen LogP contribution in [-0.4, -0.2) is 10.8 Å². The van der Waals surface area contributed by atoms with Crippen molar-refractivity contribution in [2.75, 3.05) is 5.32 Å². The van der Waals surface area contributed by atoms with Gasteiger partial charge in [0.2, 0.25) is 5.91 Å². The molecule has 1 amide bonds. The number of nitro benzene ring substituents is 1. The summed E-state index contributed by atoms with van der Waals surface area (Å²) in [4.78, 5) is 23.6. The van der Waals surface area contributed by atoms with Crippen molar-refractivity contribution in [2.45, 2.75) is 27.7 Å². The molecule has 1 aliphatic carbocycles. The fraction of sp³-hybridized carbons (Fsp3) is 0.350. The maximum atomic E-state index is 12.8. The summed E-state index contributed by atoms with van der Waals surface area (Å²) >= 11 is 0. The standard InChI is InChI=1S/C20H22N2O3/c1-12(2)11-15-18(20(15,3)4)19(23)21-16-9-10-17(22(24)25)14-8-6-5-7-13(14)16/h5-11,15,18H,1-4H3,(H,21,23)/t15-,18+/m0/s1. The van der Waals surface area contributed by atoms with E-state index in [1.807, 2.05) is 19.9 Å². The lowest BCUT2D eigenvalue weighted by molar-refractivity contribution is -0.383. The summed E-state index contributed by atoms with van der Waals surface area (Å²) < 4.78 is 0. The Morgan fingerprint density at radius 2 is 1.80 bits per heavy atom. The minimum Gasteiger partial charge on any atom is -0.325 e. The van der Waals surface area contributed by atoms with Crippen molar-refractivity contribution in [3.63, 3.8) is 0 Å². The van der Waals surface area contributed by atoms with Crippen LogP contribution in [0.1, 0.15) is 27.7 Å². The fourth-order valence-electron chi connectivity index (χ4n) is 3.61. The SMILES string of the molecule is CC(C)=C[C@H]1[C@H](C(=O)Nc2ccc([N+](=O)[O-])c3ccccc23)C1(C)C. The maximum absolute atomic E-state index is 12.8. The molecule has 5 heteroatoms. The molecule has 2 aromatic carbocycles. The molecule has 0 bridgehead atoms. The van der Waals surface area contributed by atoms with Gasteiger partial charge in [0, 0.05) is 17.1 Å². The third kappa shape index (κ3) is 3.02. The number of non-ortho nitro benzene ring substituents is 1. The molecule has 1 saturated carbocycles. The van der Waals surface area contributed by atoms with Gasteiger partial charge in [0.15, 0.2) is 0 Å². The molecule has 5 nitrogen and oxygen atoms in total. The van der Waals surface area contributed by atoms with Gasteiger partial charge in [-0.3, -0.25) is 14.9 Å². The number of fused-ring (bicyclic) bond motifs is 1. The number of anilines is 1. The second-order valence-corrected chi connectivity index (χ2v) is 7.49.